The van der Waals surface area contributed by atoms with Gasteiger partial charge in [0.1, 0.15) is 11.5 Å². The fourth-order valence-corrected chi connectivity index (χ4v) is 3.79. The quantitative estimate of drug-likeness (QED) is 0.840. The van der Waals surface area contributed by atoms with E-state index in [1.54, 1.807) is 44.4 Å². The Hall–Kier alpha value is -2.65. The molecule has 1 aliphatic rings. The monoisotopic (exact) mass is 387 g/mol. The van der Waals surface area contributed by atoms with Gasteiger partial charge in [0.2, 0.25) is 10.0 Å². The minimum absolute atomic E-state index is 0.0817. The molecule has 2 aromatic heterocycles. The third-order valence-electron chi connectivity index (χ3n) is 4.34. The largest absolute Gasteiger partial charge is 0.305 e. The lowest BCUT2D eigenvalue weighted by molar-refractivity contribution is 0.102. The molecule has 0 unspecified atom stereocenters. The van der Waals surface area contributed by atoms with Gasteiger partial charge in [0.25, 0.3) is 5.91 Å². The number of rotatable bonds is 5. The first-order valence-electron chi connectivity index (χ1n) is 8.64. The van der Waals surface area contributed by atoms with E-state index in [4.69, 9.17) is 0 Å². The maximum atomic E-state index is 12.5. The van der Waals surface area contributed by atoms with Crippen LogP contribution in [0.5, 0.6) is 0 Å². The van der Waals surface area contributed by atoms with Gasteiger partial charge in [0.05, 0.1) is 23.3 Å². The van der Waals surface area contributed by atoms with Gasteiger partial charge in [-0.1, -0.05) is 12.1 Å². The SMILES string of the molecule is CCS(=O)(=O)N1CC=C(c2cnc(C)c(C(=O)Nc3ccccn3)n2)CC1. The lowest BCUT2D eigenvalue weighted by atomic mass is 10.1. The number of aryl methyl sites for hydroxylation is 1. The van der Waals surface area contributed by atoms with E-state index < -0.39 is 10.0 Å². The summed E-state index contributed by atoms with van der Waals surface area (Å²) in [6.45, 7) is 4.05. The van der Waals surface area contributed by atoms with Crippen LogP contribution < -0.4 is 5.32 Å². The number of anilines is 1. The zero-order valence-electron chi connectivity index (χ0n) is 15.2. The minimum atomic E-state index is -3.21. The standard InChI is InChI=1S/C18H21N5O3S/c1-3-27(25,26)23-10-7-14(8-11-23)15-12-20-13(2)17(21-15)18(24)22-16-6-4-5-9-19-16/h4-7,9,12H,3,8,10-11H2,1-2H3,(H,19,22,24). The van der Waals surface area contributed by atoms with Crippen LogP contribution in [0.15, 0.2) is 36.7 Å². The summed E-state index contributed by atoms with van der Waals surface area (Å²) >= 11 is 0. The Bertz CT molecular complexity index is 974. The van der Waals surface area contributed by atoms with Crippen LogP contribution in [0.3, 0.4) is 0 Å². The van der Waals surface area contributed by atoms with Gasteiger partial charge >= 0.3 is 0 Å². The second-order valence-corrected chi connectivity index (χ2v) is 8.35. The normalized spacial score (nSPS) is 15.3. The number of pyridine rings is 1. The summed E-state index contributed by atoms with van der Waals surface area (Å²) in [4.78, 5) is 25.3. The summed E-state index contributed by atoms with van der Waals surface area (Å²) in [6, 6.07) is 5.23. The van der Waals surface area contributed by atoms with Gasteiger partial charge < -0.3 is 5.32 Å². The van der Waals surface area contributed by atoms with Crippen LogP contribution in [-0.2, 0) is 10.0 Å². The van der Waals surface area contributed by atoms with Gasteiger partial charge in [-0.15, -0.1) is 0 Å². The zero-order chi connectivity index (χ0) is 19.4. The van der Waals surface area contributed by atoms with Crippen LogP contribution in [-0.4, -0.2) is 52.4 Å². The van der Waals surface area contributed by atoms with Crippen LogP contribution in [0.2, 0.25) is 0 Å². The lowest BCUT2D eigenvalue weighted by Gasteiger charge is -2.25. The van der Waals surface area contributed by atoms with Crippen molar-refractivity contribution in [3.63, 3.8) is 0 Å². The highest BCUT2D eigenvalue weighted by molar-refractivity contribution is 7.89. The highest BCUT2D eigenvalue weighted by atomic mass is 32.2. The van der Waals surface area contributed by atoms with E-state index in [-0.39, 0.29) is 17.4 Å². The minimum Gasteiger partial charge on any atom is -0.305 e. The topological polar surface area (TPSA) is 105 Å². The van der Waals surface area contributed by atoms with Crippen molar-refractivity contribution >= 4 is 27.3 Å². The molecular weight excluding hydrogens is 366 g/mol. The Morgan fingerprint density at radius 2 is 2.11 bits per heavy atom. The molecule has 3 rings (SSSR count). The first kappa shape index (κ1) is 19.1. The molecule has 142 valence electrons. The molecule has 0 aromatic carbocycles. The van der Waals surface area contributed by atoms with Gasteiger partial charge in [-0.2, -0.15) is 4.31 Å². The third kappa shape index (κ3) is 4.37. The van der Waals surface area contributed by atoms with Crippen molar-refractivity contribution in [1.82, 2.24) is 19.3 Å². The average Bonchev–Trinajstić information content (AvgIpc) is 2.69. The number of aromatic nitrogens is 3. The number of sulfonamides is 1. The molecule has 2 aromatic rings. The molecule has 0 fully saturated rings. The number of amides is 1. The fraction of sp³-hybridized carbons (Fsp3) is 0.333. The summed E-state index contributed by atoms with van der Waals surface area (Å²) in [6.07, 6.45) is 5.56. The third-order valence-corrected chi connectivity index (χ3v) is 6.18. The Labute approximate surface area is 158 Å². The Kier molecular flexibility index (Phi) is 5.62. The van der Waals surface area contributed by atoms with Crippen LogP contribution >= 0.6 is 0 Å². The van der Waals surface area contributed by atoms with Crippen molar-refractivity contribution in [2.75, 3.05) is 24.2 Å². The van der Waals surface area contributed by atoms with Crippen molar-refractivity contribution < 1.29 is 13.2 Å². The van der Waals surface area contributed by atoms with Crippen molar-refractivity contribution in [2.45, 2.75) is 20.3 Å². The zero-order valence-corrected chi connectivity index (χ0v) is 16.0. The van der Waals surface area contributed by atoms with Crippen LogP contribution in [0.25, 0.3) is 5.57 Å². The predicted octanol–water partition coefficient (Wildman–Crippen LogP) is 1.87. The Morgan fingerprint density at radius 3 is 2.74 bits per heavy atom. The van der Waals surface area contributed by atoms with E-state index in [1.807, 2.05) is 6.08 Å². The van der Waals surface area contributed by atoms with E-state index in [1.165, 1.54) is 4.31 Å². The maximum Gasteiger partial charge on any atom is 0.277 e. The van der Waals surface area contributed by atoms with Crippen molar-refractivity contribution in [1.29, 1.82) is 0 Å². The van der Waals surface area contributed by atoms with Crippen molar-refractivity contribution in [3.05, 3.63) is 53.8 Å². The number of hydrogen-bond acceptors (Lipinski definition) is 6. The van der Waals surface area contributed by atoms with Crippen molar-refractivity contribution in [2.24, 2.45) is 0 Å². The number of hydrogen-bond donors (Lipinski definition) is 1. The van der Waals surface area contributed by atoms with Gasteiger partial charge in [-0.05, 0) is 38.0 Å². The molecule has 0 atom stereocenters. The van der Waals surface area contributed by atoms with Crippen LogP contribution in [0.4, 0.5) is 5.82 Å². The van der Waals surface area contributed by atoms with Gasteiger partial charge in [0, 0.05) is 19.3 Å². The van der Waals surface area contributed by atoms with E-state index in [0.29, 0.717) is 36.7 Å². The molecule has 3 heterocycles. The number of carbonyl (C=O) groups excluding carboxylic acids is 1. The molecule has 0 aliphatic carbocycles. The summed E-state index contributed by atoms with van der Waals surface area (Å²) in [5.41, 5.74) is 2.21. The maximum absolute atomic E-state index is 12.5. The smallest absolute Gasteiger partial charge is 0.277 e. The molecule has 8 nitrogen and oxygen atoms in total. The second-order valence-electron chi connectivity index (χ2n) is 6.10. The van der Waals surface area contributed by atoms with Gasteiger partial charge in [-0.25, -0.2) is 18.4 Å². The van der Waals surface area contributed by atoms with E-state index in [9.17, 15) is 13.2 Å². The predicted molar refractivity (Wildman–Crippen MR) is 103 cm³/mol. The number of nitrogens with zero attached hydrogens (tertiary/aromatic N) is 4. The summed E-state index contributed by atoms with van der Waals surface area (Å²) < 4.78 is 25.4. The highest BCUT2D eigenvalue weighted by Gasteiger charge is 2.24. The molecule has 1 aliphatic heterocycles. The molecule has 1 N–H and O–H groups in total. The molecule has 0 saturated carbocycles. The molecular formula is C18H21N5O3S. The summed E-state index contributed by atoms with van der Waals surface area (Å²) in [5.74, 6) is 0.136. The van der Waals surface area contributed by atoms with E-state index in [0.717, 1.165) is 5.57 Å². The summed E-state index contributed by atoms with van der Waals surface area (Å²) in [7, 11) is -3.21. The Morgan fingerprint density at radius 1 is 1.30 bits per heavy atom. The van der Waals surface area contributed by atoms with Crippen molar-refractivity contribution in [3.8, 4) is 0 Å². The van der Waals surface area contributed by atoms with Gasteiger partial charge in [-0.3, -0.25) is 9.78 Å². The summed E-state index contributed by atoms with van der Waals surface area (Å²) in [5, 5.41) is 2.70. The molecule has 1 amide bonds. The average molecular weight is 387 g/mol. The lowest BCUT2D eigenvalue weighted by Crippen LogP contribution is -2.35. The molecule has 0 bridgehead atoms. The van der Waals surface area contributed by atoms with Crippen LogP contribution in [0, 0.1) is 6.92 Å². The molecule has 0 spiro atoms. The molecule has 0 saturated heterocycles. The first-order chi connectivity index (χ1) is 12.9. The molecule has 27 heavy (non-hydrogen) atoms. The molecule has 9 heteroatoms. The first-order valence-corrected chi connectivity index (χ1v) is 10.2. The fourth-order valence-electron chi connectivity index (χ4n) is 2.75. The number of nitrogens with one attached hydrogen (secondary N) is 1. The second kappa shape index (κ2) is 7.93. The number of carbonyl (C=O) groups is 1. The van der Waals surface area contributed by atoms with E-state index in [2.05, 4.69) is 20.3 Å². The van der Waals surface area contributed by atoms with Crippen LogP contribution in [0.1, 0.15) is 35.2 Å². The van der Waals surface area contributed by atoms with E-state index >= 15 is 0 Å². The van der Waals surface area contributed by atoms with Gasteiger partial charge in [0.15, 0.2) is 0 Å². The Balaban J connectivity index is 1.81. The highest BCUT2D eigenvalue weighted by Crippen LogP contribution is 2.23. The molecule has 0 radical (unpaired) electrons.